The molecule has 0 saturated heterocycles. The Balaban J connectivity index is 2.10. The van der Waals surface area contributed by atoms with Crippen molar-refractivity contribution in [3.8, 4) is 0 Å². The molecule has 17 heavy (non-hydrogen) atoms. The largest absolute Gasteiger partial charge is 0.383 e. The van der Waals surface area contributed by atoms with Gasteiger partial charge in [-0.05, 0) is 13.0 Å². The molecule has 1 amide bonds. The lowest BCUT2D eigenvalue weighted by Crippen LogP contribution is -2.40. The highest BCUT2D eigenvalue weighted by Crippen LogP contribution is 1.89. The van der Waals surface area contributed by atoms with Gasteiger partial charge < -0.3 is 15.4 Å². The average Bonchev–Trinajstić information content (AvgIpc) is 2.79. The number of aromatic nitrogens is 2. The van der Waals surface area contributed by atoms with Gasteiger partial charge in [0.2, 0.25) is 5.91 Å². The summed E-state index contributed by atoms with van der Waals surface area (Å²) in [6.07, 6.45) is 3.64. The molecule has 1 aromatic heterocycles. The molecule has 0 fully saturated rings. The number of hydrogen-bond donors (Lipinski definition) is 2. The van der Waals surface area contributed by atoms with Gasteiger partial charge in [0, 0.05) is 32.1 Å². The minimum Gasteiger partial charge on any atom is -0.383 e. The summed E-state index contributed by atoms with van der Waals surface area (Å²) in [6, 6.07) is 2.08. The number of methoxy groups -OCH3 is 1. The minimum atomic E-state index is -0.0191. The predicted octanol–water partition coefficient (Wildman–Crippen LogP) is -0.376. The second-order valence-electron chi connectivity index (χ2n) is 3.85. The molecular weight excluding hydrogens is 220 g/mol. The van der Waals surface area contributed by atoms with Crippen molar-refractivity contribution in [2.75, 3.05) is 26.8 Å². The zero-order valence-corrected chi connectivity index (χ0v) is 10.3. The van der Waals surface area contributed by atoms with Gasteiger partial charge in [0.05, 0.1) is 19.7 Å². The normalized spacial score (nSPS) is 12.4. The van der Waals surface area contributed by atoms with E-state index in [-0.39, 0.29) is 11.9 Å². The van der Waals surface area contributed by atoms with Crippen LogP contribution in [-0.2, 0) is 16.1 Å². The first kappa shape index (κ1) is 13.7. The van der Waals surface area contributed by atoms with Crippen LogP contribution in [0.5, 0.6) is 0 Å². The number of rotatable bonds is 8. The molecule has 0 spiro atoms. The molecule has 2 N–H and O–H groups in total. The third-order valence-corrected chi connectivity index (χ3v) is 2.26. The second kappa shape index (κ2) is 7.81. The number of ether oxygens (including phenoxy) is 1. The molecule has 1 heterocycles. The molecule has 6 heteroatoms. The van der Waals surface area contributed by atoms with Crippen LogP contribution in [0.1, 0.15) is 6.92 Å². The summed E-state index contributed by atoms with van der Waals surface area (Å²) >= 11 is 0. The molecule has 0 radical (unpaired) electrons. The highest BCUT2D eigenvalue weighted by molar-refractivity contribution is 5.77. The van der Waals surface area contributed by atoms with Gasteiger partial charge in [0.1, 0.15) is 0 Å². The average molecular weight is 240 g/mol. The molecule has 0 unspecified atom stereocenters. The van der Waals surface area contributed by atoms with Crippen LogP contribution in [0.2, 0.25) is 0 Å². The third-order valence-electron chi connectivity index (χ3n) is 2.26. The van der Waals surface area contributed by atoms with Crippen LogP contribution in [0, 0.1) is 0 Å². The Kier molecular flexibility index (Phi) is 6.27. The van der Waals surface area contributed by atoms with Gasteiger partial charge in [-0.3, -0.25) is 9.48 Å². The van der Waals surface area contributed by atoms with Crippen molar-refractivity contribution in [2.24, 2.45) is 0 Å². The maximum absolute atomic E-state index is 11.4. The Morgan fingerprint density at radius 3 is 3.06 bits per heavy atom. The molecule has 1 aromatic rings. The van der Waals surface area contributed by atoms with E-state index in [2.05, 4.69) is 15.7 Å². The maximum Gasteiger partial charge on any atom is 0.234 e. The zero-order valence-electron chi connectivity index (χ0n) is 10.3. The predicted molar refractivity (Wildman–Crippen MR) is 64.6 cm³/mol. The van der Waals surface area contributed by atoms with E-state index in [0.29, 0.717) is 19.7 Å². The van der Waals surface area contributed by atoms with Crippen LogP contribution in [-0.4, -0.2) is 48.5 Å². The van der Waals surface area contributed by atoms with E-state index in [1.807, 2.05) is 23.9 Å². The Morgan fingerprint density at radius 2 is 2.41 bits per heavy atom. The van der Waals surface area contributed by atoms with E-state index in [1.165, 1.54) is 0 Å². The summed E-state index contributed by atoms with van der Waals surface area (Å²) in [5, 5.41) is 9.99. The lowest BCUT2D eigenvalue weighted by Gasteiger charge is -2.13. The lowest BCUT2D eigenvalue weighted by molar-refractivity contribution is -0.120. The van der Waals surface area contributed by atoms with Crippen LogP contribution in [0.15, 0.2) is 18.5 Å². The summed E-state index contributed by atoms with van der Waals surface area (Å²) in [5.74, 6) is -0.0191. The second-order valence-corrected chi connectivity index (χ2v) is 3.85. The lowest BCUT2D eigenvalue weighted by atomic mass is 10.3. The summed E-state index contributed by atoms with van der Waals surface area (Å²) in [5.41, 5.74) is 0. The number of amides is 1. The first-order chi connectivity index (χ1) is 8.22. The summed E-state index contributed by atoms with van der Waals surface area (Å²) in [6.45, 7) is 4.16. The SMILES string of the molecule is COCCNC(=O)CN[C@@H](C)Cn1cccn1. The van der Waals surface area contributed by atoms with Gasteiger partial charge in [-0.15, -0.1) is 0 Å². The molecule has 1 rings (SSSR count). The maximum atomic E-state index is 11.4. The third kappa shape index (κ3) is 6.03. The van der Waals surface area contributed by atoms with Gasteiger partial charge in [0.25, 0.3) is 0 Å². The topological polar surface area (TPSA) is 68.2 Å². The fourth-order valence-corrected chi connectivity index (χ4v) is 1.38. The molecule has 1 atom stereocenters. The molecule has 0 aliphatic carbocycles. The molecule has 0 aromatic carbocycles. The van der Waals surface area contributed by atoms with Gasteiger partial charge in [-0.25, -0.2) is 0 Å². The Hall–Kier alpha value is -1.40. The summed E-state index contributed by atoms with van der Waals surface area (Å²) < 4.78 is 6.68. The highest BCUT2D eigenvalue weighted by Gasteiger charge is 2.05. The molecule has 0 aliphatic rings. The van der Waals surface area contributed by atoms with Crippen molar-refractivity contribution in [2.45, 2.75) is 19.5 Å². The Morgan fingerprint density at radius 1 is 1.59 bits per heavy atom. The first-order valence-corrected chi connectivity index (χ1v) is 5.69. The number of hydrogen-bond acceptors (Lipinski definition) is 4. The van der Waals surface area contributed by atoms with E-state index in [0.717, 1.165) is 6.54 Å². The van der Waals surface area contributed by atoms with Crippen molar-refractivity contribution in [1.82, 2.24) is 20.4 Å². The van der Waals surface area contributed by atoms with E-state index in [4.69, 9.17) is 4.74 Å². The van der Waals surface area contributed by atoms with Gasteiger partial charge in [-0.2, -0.15) is 5.10 Å². The standard InChI is InChI=1S/C11H20N4O2/c1-10(9-15-6-3-4-14-15)13-8-11(16)12-5-7-17-2/h3-4,6,10,13H,5,7-9H2,1-2H3,(H,12,16)/t10-/m0/s1. The van der Waals surface area contributed by atoms with Gasteiger partial charge >= 0.3 is 0 Å². The fraction of sp³-hybridized carbons (Fsp3) is 0.636. The molecule has 6 nitrogen and oxygen atoms in total. The number of nitrogens with zero attached hydrogens (tertiary/aromatic N) is 2. The summed E-state index contributed by atoms with van der Waals surface area (Å²) in [7, 11) is 1.61. The smallest absolute Gasteiger partial charge is 0.234 e. The Labute approximate surface area is 101 Å². The van der Waals surface area contributed by atoms with Gasteiger partial charge in [-0.1, -0.05) is 0 Å². The van der Waals surface area contributed by atoms with E-state index in [9.17, 15) is 4.79 Å². The number of carbonyl (C=O) groups excluding carboxylic acids is 1. The monoisotopic (exact) mass is 240 g/mol. The van der Waals surface area contributed by atoms with Gasteiger partial charge in [0.15, 0.2) is 0 Å². The number of nitrogens with one attached hydrogen (secondary N) is 2. The van der Waals surface area contributed by atoms with Crippen LogP contribution < -0.4 is 10.6 Å². The van der Waals surface area contributed by atoms with Crippen molar-refractivity contribution >= 4 is 5.91 Å². The minimum absolute atomic E-state index is 0.0191. The molecule has 0 aliphatic heterocycles. The van der Waals surface area contributed by atoms with E-state index >= 15 is 0 Å². The quantitative estimate of drug-likeness (QED) is 0.608. The van der Waals surface area contributed by atoms with Crippen LogP contribution in [0.25, 0.3) is 0 Å². The fourth-order valence-electron chi connectivity index (χ4n) is 1.38. The molecule has 0 saturated carbocycles. The van der Waals surface area contributed by atoms with Crippen molar-refractivity contribution in [3.63, 3.8) is 0 Å². The zero-order chi connectivity index (χ0) is 12.5. The van der Waals surface area contributed by atoms with Crippen LogP contribution in [0.3, 0.4) is 0 Å². The molecular formula is C11H20N4O2. The van der Waals surface area contributed by atoms with Crippen molar-refractivity contribution < 1.29 is 9.53 Å². The summed E-state index contributed by atoms with van der Waals surface area (Å²) in [4.78, 5) is 11.4. The van der Waals surface area contributed by atoms with E-state index in [1.54, 1.807) is 13.3 Å². The Bertz CT molecular complexity index is 313. The molecule has 96 valence electrons. The van der Waals surface area contributed by atoms with Crippen LogP contribution >= 0.6 is 0 Å². The van der Waals surface area contributed by atoms with Crippen LogP contribution in [0.4, 0.5) is 0 Å². The van der Waals surface area contributed by atoms with Crippen molar-refractivity contribution in [1.29, 1.82) is 0 Å². The number of carbonyl (C=O) groups is 1. The first-order valence-electron chi connectivity index (χ1n) is 5.69. The molecule has 0 bridgehead atoms. The van der Waals surface area contributed by atoms with Crippen molar-refractivity contribution in [3.05, 3.63) is 18.5 Å². The van der Waals surface area contributed by atoms with E-state index < -0.39 is 0 Å². The highest BCUT2D eigenvalue weighted by atomic mass is 16.5.